The van der Waals surface area contributed by atoms with E-state index in [4.69, 9.17) is 14.2 Å². The van der Waals surface area contributed by atoms with Crippen LogP contribution in [0, 0.1) is 5.92 Å². The third-order valence-corrected chi connectivity index (χ3v) is 4.48. The molecule has 9 nitrogen and oxygen atoms in total. The molecule has 2 N–H and O–H groups in total. The normalized spacial score (nSPS) is 14.0. The number of rotatable bonds is 9. The van der Waals surface area contributed by atoms with E-state index in [1.54, 1.807) is 68.4 Å². The summed E-state index contributed by atoms with van der Waals surface area (Å²) in [5, 5.41) is 12.0. The maximum Gasteiger partial charge on any atom is 0.408 e. The number of carbonyl (C=O) groups excluding carboxylic acids is 3. The molecule has 0 fully saturated rings. The van der Waals surface area contributed by atoms with Crippen LogP contribution in [0.4, 0.5) is 4.79 Å². The summed E-state index contributed by atoms with van der Waals surface area (Å²) in [5.74, 6) is -1.48. The van der Waals surface area contributed by atoms with Crippen LogP contribution in [0.2, 0.25) is 0 Å². The quantitative estimate of drug-likeness (QED) is 0.374. The van der Waals surface area contributed by atoms with E-state index in [0.29, 0.717) is 18.5 Å². The molecule has 35 heavy (non-hydrogen) atoms. The second kappa shape index (κ2) is 12.2. The van der Waals surface area contributed by atoms with Crippen LogP contribution in [0.5, 0.6) is 5.75 Å². The van der Waals surface area contributed by atoms with Gasteiger partial charge in [-0.3, -0.25) is 9.78 Å². The van der Waals surface area contributed by atoms with Crippen molar-refractivity contribution in [1.29, 1.82) is 0 Å². The minimum Gasteiger partial charge on any atom is -0.506 e. The van der Waals surface area contributed by atoms with Gasteiger partial charge in [0.25, 0.3) is 0 Å². The van der Waals surface area contributed by atoms with Crippen LogP contribution >= 0.6 is 0 Å². The SMILES string of the molecule is CC(C)(C)OC(=O)N[C@@H](CCC(CCc1ccc(O)cn1)C(=O)OC(C)(C)C)C(=O)OC(C)(C)C. The zero-order chi connectivity index (χ0) is 27.0. The van der Waals surface area contributed by atoms with Gasteiger partial charge in [0.1, 0.15) is 28.6 Å². The van der Waals surface area contributed by atoms with Crippen LogP contribution < -0.4 is 5.32 Å². The molecule has 0 aliphatic rings. The summed E-state index contributed by atoms with van der Waals surface area (Å²) >= 11 is 0. The predicted molar refractivity (Wildman–Crippen MR) is 132 cm³/mol. The molecule has 0 bridgehead atoms. The van der Waals surface area contributed by atoms with Crippen molar-refractivity contribution in [3.63, 3.8) is 0 Å². The highest BCUT2D eigenvalue weighted by Gasteiger charge is 2.32. The molecule has 1 heterocycles. The van der Waals surface area contributed by atoms with Crippen molar-refractivity contribution in [2.75, 3.05) is 0 Å². The first kappa shape index (κ1) is 30.2. The van der Waals surface area contributed by atoms with E-state index in [1.807, 2.05) is 0 Å². The number of aromatic nitrogens is 1. The molecule has 1 unspecified atom stereocenters. The van der Waals surface area contributed by atoms with Crippen LogP contribution in [0.25, 0.3) is 0 Å². The number of ether oxygens (including phenoxy) is 3. The van der Waals surface area contributed by atoms with E-state index < -0.39 is 46.8 Å². The molecule has 0 aliphatic carbocycles. The second-order valence-corrected chi connectivity index (χ2v) is 11.6. The minimum atomic E-state index is -0.999. The van der Waals surface area contributed by atoms with Gasteiger partial charge in [-0.2, -0.15) is 0 Å². The number of carbonyl (C=O) groups is 3. The average Bonchev–Trinajstić information content (AvgIpc) is 2.64. The number of hydrogen-bond acceptors (Lipinski definition) is 8. The zero-order valence-corrected chi connectivity index (χ0v) is 22.6. The van der Waals surface area contributed by atoms with Crippen molar-refractivity contribution in [3.8, 4) is 5.75 Å². The van der Waals surface area contributed by atoms with Gasteiger partial charge in [-0.15, -0.1) is 0 Å². The molecular weight excluding hydrogens is 452 g/mol. The molecule has 1 aromatic rings. The van der Waals surface area contributed by atoms with Crippen molar-refractivity contribution in [1.82, 2.24) is 10.3 Å². The first-order valence-electron chi connectivity index (χ1n) is 11.9. The van der Waals surface area contributed by atoms with Gasteiger partial charge in [-0.25, -0.2) is 9.59 Å². The number of esters is 2. The fraction of sp³-hybridized carbons (Fsp3) is 0.692. The van der Waals surface area contributed by atoms with Crippen LogP contribution in [0.15, 0.2) is 18.3 Å². The molecular formula is C26H42N2O7. The Hall–Kier alpha value is -2.84. The maximum absolute atomic E-state index is 12.9. The zero-order valence-electron chi connectivity index (χ0n) is 22.6. The molecule has 2 atom stereocenters. The number of amides is 1. The van der Waals surface area contributed by atoms with Gasteiger partial charge in [-0.05, 0) is 100 Å². The van der Waals surface area contributed by atoms with Crippen molar-refractivity contribution in [3.05, 3.63) is 24.0 Å². The Morgan fingerprint density at radius 1 is 0.829 bits per heavy atom. The Bertz CT molecular complexity index is 846. The summed E-state index contributed by atoms with van der Waals surface area (Å²) in [6.45, 7) is 15.8. The number of hydrogen-bond donors (Lipinski definition) is 2. The smallest absolute Gasteiger partial charge is 0.408 e. The average molecular weight is 495 g/mol. The van der Waals surface area contributed by atoms with Crippen molar-refractivity contribution < 1.29 is 33.7 Å². The summed E-state index contributed by atoms with van der Waals surface area (Å²) in [6, 6.07) is 2.23. The molecule has 0 aromatic carbocycles. The molecule has 0 radical (unpaired) electrons. The van der Waals surface area contributed by atoms with Gasteiger partial charge in [0, 0.05) is 5.69 Å². The number of alkyl carbamates (subject to hydrolysis) is 1. The summed E-state index contributed by atoms with van der Waals surface area (Å²) < 4.78 is 16.4. The van der Waals surface area contributed by atoms with E-state index in [2.05, 4.69) is 10.3 Å². The minimum absolute atomic E-state index is 0.0610. The highest BCUT2D eigenvalue weighted by atomic mass is 16.6. The third kappa shape index (κ3) is 13.6. The van der Waals surface area contributed by atoms with Gasteiger partial charge >= 0.3 is 18.0 Å². The Morgan fingerprint density at radius 2 is 1.37 bits per heavy atom. The lowest BCUT2D eigenvalue weighted by molar-refractivity contribution is -0.162. The predicted octanol–water partition coefficient (Wildman–Crippen LogP) is 4.69. The van der Waals surface area contributed by atoms with Gasteiger partial charge in [0.2, 0.25) is 0 Å². The van der Waals surface area contributed by atoms with Gasteiger partial charge in [-0.1, -0.05) is 0 Å². The number of nitrogens with zero attached hydrogens (tertiary/aromatic N) is 1. The van der Waals surface area contributed by atoms with Crippen LogP contribution in [0.3, 0.4) is 0 Å². The van der Waals surface area contributed by atoms with Gasteiger partial charge in [0.15, 0.2) is 0 Å². The standard InChI is InChI=1S/C26H42N2O7/c1-24(2,3)33-21(30)17(10-12-18-13-14-19(29)16-27-18)11-15-20(22(31)34-25(4,5)6)28-23(32)35-26(7,8)9/h13-14,16-17,20,29H,10-12,15H2,1-9H3,(H,28,32)/t17?,20-/m0/s1. The van der Waals surface area contributed by atoms with E-state index in [9.17, 15) is 19.5 Å². The first-order chi connectivity index (χ1) is 15.8. The monoisotopic (exact) mass is 494 g/mol. The molecule has 0 saturated heterocycles. The van der Waals surface area contributed by atoms with E-state index >= 15 is 0 Å². The lowest BCUT2D eigenvalue weighted by atomic mass is 9.94. The summed E-state index contributed by atoms with van der Waals surface area (Å²) in [5.41, 5.74) is -1.45. The fourth-order valence-corrected chi connectivity index (χ4v) is 3.09. The number of nitrogens with one attached hydrogen (secondary N) is 1. The van der Waals surface area contributed by atoms with Gasteiger partial charge in [0.05, 0.1) is 12.1 Å². The highest BCUT2D eigenvalue weighted by Crippen LogP contribution is 2.22. The Labute approximate surface area is 208 Å². The molecule has 9 heteroatoms. The number of aryl methyl sites for hydroxylation is 1. The van der Waals surface area contributed by atoms with E-state index in [0.717, 1.165) is 0 Å². The molecule has 1 aromatic heterocycles. The van der Waals surface area contributed by atoms with Crippen LogP contribution in [-0.2, 0) is 30.2 Å². The lowest BCUT2D eigenvalue weighted by Gasteiger charge is -2.28. The van der Waals surface area contributed by atoms with Crippen LogP contribution in [0.1, 0.15) is 87.3 Å². The maximum atomic E-state index is 12.9. The molecule has 0 saturated carbocycles. The van der Waals surface area contributed by atoms with Crippen molar-refractivity contribution in [2.24, 2.45) is 5.92 Å². The molecule has 0 aliphatic heterocycles. The lowest BCUT2D eigenvalue weighted by Crippen LogP contribution is -2.46. The Kier molecular flexibility index (Phi) is 10.5. The Morgan fingerprint density at radius 3 is 1.86 bits per heavy atom. The largest absolute Gasteiger partial charge is 0.506 e. The van der Waals surface area contributed by atoms with E-state index in [1.165, 1.54) is 12.3 Å². The number of aromatic hydroxyl groups is 1. The van der Waals surface area contributed by atoms with Gasteiger partial charge < -0.3 is 24.6 Å². The third-order valence-electron chi connectivity index (χ3n) is 4.48. The van der Waals surface area contributed by atoms with E-state index in [-0.39, 0.29) is 18.6 Å². The second-order valence-electron chi connectivity index (χ2n) is 11.6. The summed E-state index contributed by atoms with van der Waals surface area (Å²) in [4.78, 5) is 42.3. The molecule has 198 valence electrons. The summed E-state index contributed by atoms with van der Waals surface area (Å²) in [6.07, 6.45) is 1.92. The van der Waals surface area contributed by atoms with Crippen LogP contribution in [-0.4, -0.2) is 51.0 Å². The molecule has 0 spiro atoms. The molecule has 1 amide bonds. The first-order valence-corrected chi connectivity index (χ1v) is 11.9. The van der Waals surface area contributed by atoms with Crippen molar-refractivity contribution in [2.45, 2.75) is 111 Å². The summed E-state index contributed by atoms with van der Waals surface area (Å²) in [7, 11) is 0. The molecule has 1 rings (SSSR count). The topological polar surface area (TPSA) is 124 Å². The fourth-order valence-electron chi connectivity index (χ4n) is 3.09. The van der Waals surface area contributed by atoms with Crippen molar-refractivity contribution >= 4 is 18.0 Å². The number of pyridine rings is 1. The Balaban J connectivity index is 3.01. The highest BCUT2D eigenvalue weighted by molar-refractivity contribution is 5.82.